The van der Waals surface area contributed by atoms with Crippen molar-refractivity contribution in [1.82, 2.24) is 9.88 Å². The second kappa shape index (κ2) is 7.90. The van der Waals surface area contributed by atoms with Crippen molar-refractivity contribution in [3.63, 3.8) is 0 Å². The lowest BCUT2D eigenvalue weighted by Crippen LogP contribution is -2.22. The van der Waals surface area contributed by atoms with Crippen LogP contribution in [-0.2, 0) is 13.0 Å². The molecule has 3 aromatic rings. The molecule has 146 valence electrons. The average Bonchev–Trinajstić information content (AvgIpc) is 3.01. The number of hydrogen-bond acceptors (Lipinski definition) is 4. The van der Waals surface area contributed by atoms with Crippen LogP contribution >= 0.6 is 0 Å². The van der Waals surface area contributed by atoms with Gasteiger partial charge in [0, 0.05) is 42.7 Å². The van der Waals surface area contributed by atoms with E-state index in [1.807, 2.05) is 18.3 Å². The van der Waals surface area contributed by atoms with E-state index in [2.05, 4.69) is 54.1 Å². The third-order valence-corrected chi connectivity index (χ3v) is 5.80. The molecule has 0 radical (unpaired) electrons. The van der Waals surface area contributed by atoms with E-state index < -0.39 is 0 Å². The fourth-order valence-electron chi connectivity index (χ4n) is 4.58. The number of aryl methyl sites for hydroxylation is 2. The minimum Gasteiger partial charge on any atom is -0.496 e. The van der Waals surface area contributed by atoms with Crippen LogP contribution in [0, 0.1) is 19.8 Å². The number of hydrogen-bond donors (Lipinski definition) is 1. The second-order valence-electron chi connectivity index (χ2n) is 7.99. The monoisotopic (exact) mass is 376 g/mol. The first-order valence-electron chi connectivity index (χ1n) is 9.92. The van der Waals surface area contributed by atoms with Crippen molar-refractivity contribution in [1.29, 1.82) is 0 Å². The molecule has 0 bridgehead atoms. The number of pyridine rings is 1. The van der Waals surface area contributed by atoms with E-state index in [9.17, 15) is 5.11 Å². The topological polar surface area (TPSA) is 45.6 Å². The second-order valence-corrected chi connectivity index (χ2v) is 7.99. The Morgan fingerprint density at radius 2 is 1.93 bits per heavy atom. The van der Waals surface area contributed by atoms with Crippen molar-refractivity contribution in [2.24, 2.45) is 5.92 Å². The van der Waals surface area contributed by atoms with Crippen LogP contribution in [0.5, 0.6) is 5.75 Å². The van der Waals surface area contributed by atoms with Crippen molar-refractivity contribution >= 4 is 10.9 Å². The van der Waals surface area contributed by atoms with Gasteiger partial charge in [-0.05, 0) is 43.5 Å². The Hall–Kier alpha value is -2.43. The molecule has 1 N–H and O–H groups in total. The summed E-state index contributed by atoms with van der Waals surface area (Å²) in [5, 5.41) is 11.9. The largest absolute Gasteiger partial charge is 0.496 e. The van der Waals surface area contributed by atoms with Crippen molar-refractivity contribution < 1.29 is 9.84 Å². The molecule has 0 unspecified atom stereocenters. The summed E-state index contributed by atoms with van der Waals surface area (Å²) in [6, 6.07) is 14.7. The molecule has 2 atom stereocenters. The third-order valence-electron chi connectivity index (χ3n) is 5.80. The molecule has 1 saturated heterocycles. The van der Waals surface area contributed by atoms with Crippen molar-refractivity contribution in [3.8, 4) is 5.75 Å². The molecule has 28 heavy (non-hydrogen) atoms. The number of fused-ring (bicyclic) bond motifs is 1. The van der Waals surface area contributed by atoms with E-state index in [1.54, 1.807) is 7.11 Å². The number of likely N-dealkylation sites (tertiary alicyclic amines) is 1. The Bertz CT molecular complexity index is 980. The number of aliphatic hydroxyl groups is 1. The first-order chi connectivity index (χ1) is 13.5. The van der Waals surface area contributed by atoms with Crippen LogP contribution in [0.2, 0.25) is 0 Å². The van der Waals surface area contributed by atoms with Crippen molar-refractivity contribution in [2.75, 3.05) is 20.2 Å². The van der Waals surface area contributed by atoms with Gasteiger partial charge in [-0.3, -0.25) is 9.88 Å². The molecule has 2 heterocycles. The quantitative estimate of drug-likeness (QED) is 0.734. The third kappa shape index (κ3) is 3.75. The van der Waals surface area contributed by atoms with Crippen LogP contribution < -0.4 is 4.74 Å². The van der Waals surface area contributed by atoms with Crippen molar-refractivity contribution in [2.45, 2.75) is 32.9 Å². The van der Waals surface area contributed by atoms with Gasteiger partial charge in [0.05, 0.1) is 18.7 Å². The lowest BCUT2D eigenvalue weighted by atomic mass is 9.94. The fraction of sp³-hybridized carbons (Fsp3) is 0.375. The summed E-state index contributed by atoms with van der Waals surface area (Å²) in [5.41, 5.74) is 5.89. The van der Waals surface area contributed by atoms with E-state index in [1.165, 1.54) is 22.1 Å². The summed E-state index contributed by atoms with van der Waals surface area (Å²) >= 11 is 0. The number of nitrogens with zero attached hydrogens (tertiary/aromatic N) is 2. The number of rotatable bonds is 5. The molecular weight excluding hydrogens is 348 g/mol. The first kappa shape index (κ1) is 18.9. The SMILES string of the molecule is COc1c(C)cc(C)cc1CN1C[C@@H](Cc2ccnc3ccccc23)[C@H](O)C1. The Balaban J connectivity index is 1.51. The molecule has 1 aliphatic heterocycles. The highest BCUT2D eigenvalue weighted by Crippen LogP contribution is 2.30. The fourth-order valence-corrected chi connectivity index (χ4v) is 4.58. The zero-order chi connectivity index (χ0) is 19.7. The van der Waals surface area contributed by atoms with Gasteiger partial charge in [-0.2, -0.15) is 0 Å². The summed E-state index contributed by atoms with van der Waals surface area (Å²) in [6.07, 6.45) is 2.42. The number of para-hydroxylation sites is 1. The lowest BCUT2D eigenvalue weighted by Gasteiger charge is -2.19. The first-order valence-corrected chi connectivity index (χ1v) is 9.92. The van der Waals surface area contributed by atoms with Crippen LogP contribution in [0.25, 0.3) is 10.9 Å². The lowest BCUT2D eigenvalue weighted by molar-refractivity contribution is 0.141. The standard InChI is InChI=1S/C24H28N2O2/c1-16-10-17(2)24(28-3)20(11-16)14-26-13-19(23(27)15-26)12-18-8-9-25-22-7-5-4-6-21(18)22/h4-11,19,23,27H,12-15H2,1-3H3/t19-,23-/m1/s1. The summed E-state index contributed by atoms with van der Waals surface area (Å²) in [6.45, 7) is 6.59. The van der Waals surface area contributed by atoms with Crippen LogP contribution in [-0.4, -0.2) is 41.3 Å². The summed E-state index contributed by atoms with van der Waals surface area (Å²) in [5.74, 6) is 1.19. The Morgan fingerprint density at radius 1 is 1.11 bits per heavy atom. The molecule has 0 spiro atoms. The molecule has 1 aromatic heterocycles. The molecular formula is C24H28N2O2. The summed E-state index contributed by atoms with van der Waals surface area (Å²) in [7, 11) is 1.73. The summed E-state index contributed by atoms with van der Waals surface area (Å²) < 4.78 is 5.64. The maximum Gasteiger partial charge on any atom is 0.126 e. The number of methoxy groups -OCH3 is 1. The van der Waals surface area contributed by atoms with Crippen LogP contribution in [0.1, 0.15) is 22.3 Å². The van der Waals surface area contributed by atoms with E-state index in [4.69, 9.17) is 4.74 Å². The molecule has 0 amide bonds. The van der Waals surface area contributed by atoms with E-state index >= 15 is 0 Å². The smallest absolute Gasteiger partial charge is 0.126 e. The summed E-state index contributed by atoms with van der Waals surface area (Å²) in [4.78, 5) is 6.80. The highest BCUT2D eigenvalue weighted by atomic mass is 16.5. The van der Waals surface area contributed by atoms with Crippen LogP contribution in [0.15, 0.2) is 48.7 Å². The van der Waals surface area contributed by atoms with Gasteiger partial charge in [-0.1, -0.05) is 35.9 Å². The number of ether oxygens (including phenoxy) is 1. The number of benzene rings is 2. The maximum atomic E-state index is 10.7. The van der Waals surface area contributed by atoms with Gasteiger partial charge < -0.3 is 9.84 Å². The van der Waals surface area contributed by atoms with Crippen LogP contribution in [0.4, 0.5) is 0 Å². The highest BCUT2D eigenvalue weighted by Gasteiger charge is 2.32. The predicted octanol–water partition coefficient (Wildman–Crippen LogP) is 3.90. The zero-order valence-corrected chi connectivity index (χ0v) is 16.9. The normalized spacial score (nSPS) is 20.0. The van der Waals surface area contributed by atoms with E-state index in [0.717, 1.165) is 36.3 Å². The molecule has 1 fully saturated rings. The molecule has 4 rings (SSSR count). The molecule has 2 aromatic carbocycles. The minimum atomic E-state index is -0.316. The van der Waals surface area contributed by atoms with Gasteiger partial charge in [0.25, 0.3) is 0 Å². The van der Waals surface area contributed by atoms with Gasteiger partial charge in [0.1, 0.15) is 5.75 Å². The Morgan fingerprint density at radius 3 is 2.75 bits per heavy atom. The van der Waals surface area contributed by atoms with Gasteiger partial charge in [0.2, 0.25) is 0 Å². The van der Waals surface area contributed by atoms with Gasteiger partial charge >= 0.3 is 0 Å². The van der Waals surface area contributed by atoms with Crippen molar-refractivity contribution in [3.05, 3.63) is 70.9 Å². The number of aromatic nitrogens is 1. The van der Waals surface area contributed by atoms with Crippen LogP contribution in [0.3, 0.4) is 0 Å². The molecule has 4 heteroatoms. The molecule has 0 aliphatic carbocycles. The highest BCUT2D eigenvalue weighted by molar-refractivity contribution is 5.81. The molecule has 1 aliphatic rings. The Kier molecular flexibility index (Phi) is 5.33. The molecule has 0 saturated carbocycles. The number of β-amino-alcohol motifs (C(OH)–C–C–N with tert-alkyl or cyclic N) is 1. The minimum absolute atomic E-state index is 0.225. The van der Waals surface area contributed by atoms with E-state index in [-0.39, 0.29) is 12.0 Å². The number of aliphatic hydroxyl groups excluding tert-OH is 1. The maximum absolute atomic E-state index is 10.7. The van der Waals surface area contributed by atoms with Gasteiger partial charge in [-0.25, -0.2) is 0 Å². The zero-order valence-electron chi connectivity index (χ0n) is 16.9. The van der Waals surface area contributed by atoms with E-state index in [0.29, 0.717) is 6.54 Å². The molecule has 4 nitrogen and oxygen atoms in total. The Labute approximate surface area is 166 Å². The van der Waals surface area contributed by atoms with Gasteiger partial charge in [-0.15, -0.1) is 0 Å². The average molecular weight is 377 g/mol. The van der Waals surface area contributed by atoms with Gasteiger partial charge in [0.15, 0.2) is 0 Å². The predicted molar refractivity (Wildman–Crippen MR) is 113 cm³/mol.